The highest BCUT2D eigenvalue weighted by atomic mass is 32.2. The van der Waals surface area contributed by atoms with Crippen LogP contribution in [0.4, 0.5) is 0 Å². The summed E-state index contributed by atoms with van der Waals surface area (Å²) in [5.41, 5.74) is 0.512. The first-order chi connectivity index (χ1) is 11.8. The first kappa shape index (κ1) is 18.8. The van der Waals surface area contributed by atoms with Crippen molar-refractivity contribution >= 4 is 21.8 Å². The Bertz CT molecular complexity index is 830. The summed E-state index contributed by atoms with van der Waals surface area (Å²) in [6.45, 7) is 2.35. The zero-order valence-corrected chi connectivity index (χ0v) is 15.4. The summed E-state index contributed by atoms with van der Waals surface area (Å²) >= 11 is 0. The number of benzene rings is 1. The van der Waals surface area contributed by atoms with E-state index in [9.17, 15) is 13.2 Å². The third-order valence-corrected chi connectivity index (χ3v) is 4.94. The Morgan fingerprint density at radius 1 is 1.28 bits per heavy atom. The van der Waals surface area contributed by atoms with Crippen LogP contribution in [0.2, 0.25) is 0 Å². The van der Waals surface area contributed by atoms with Crippen LogP contribution in [0.15, 0.2) is 34.4 Å². The van der Waals surface area contributed by atoms with Crippen LogP contribution in [0.25, 0.3) is 0 Å². The zero-order chi connectivity index (χ0) is 18.6. The molecule has 0 aromatic heterocycles. The zero-order valence-electron chi connectivity index (χ0n) is 14.6. The average molecular weight is 367 g/mol. The molecule has 0 spiro atoms. The van der Waals surface area contributed by atoms with Gasteiger partial charge in [-0.15, -0.1) is 4.40 Å². The van der Waals surface area contributed by atoms with Crippen LogP contribution >= 0.6 is 0 Å². The molecule has 0 aliphatic carbocycles. The molecule has 0 saturated carbocycles. The third-order valence-electron chi connectivity index (χ3n) is 3.62. The van der Waals surface area contributed by atoms with Crippen molar-refractivity contribution in [2.24, 2.45) is 4.40 Å². The van der Waals surface area contributed by atoms with E-state index >= 15 is 0 Å². The van der Waals surface area contributed by atoms with Gasteiger partial charge in [0.05, 0.1) is 19.9 Å². The highest BCUT2D eigenvalue weighted by molar-refractivity contribution is 7.88. The molecule has 1 aromatic rings. The van der Waals surface area contributed by atoms with Gasteiger partial charge in [0.2, 0.25) is 0 Å². The van der Waals surface area contributed by atoms with Crippen LogP contribution in [-0.4, -0.2) is 52.2 Å². The Hall–Kier alpha value is -2.55. The summed E-state index contributed by atoms with van der Waals surface area (Å²) < 4.78 is 39.8. The summed E-state index contributed by atoms with van der Waals surface area (Å²) in [6, 6.07) is 4.94. The second-order valence-corrected chi connectivity index (χ2v) is 6.90. The first-order valence-corrected chi connectivity index (χ1v) is 9.04. The maximum atomic E-state index is 12.4. The molecule has 1 aliphatic rings. The standard InChI is InChI=1S/C16H21N3O5S/c1-5-8-17-16(20)14-10-13(18-25(21,22)19(14)2)12-9-11(23-3)6-7-15(12)24-4/h6-7,9-10H,5,8H2,1-4H3,(H,17,20). The van der Waals surface area contributed by atoms with Crippen LogP contribution < -0.4 is 14.8 Å². The number of nitrogens with one attached hydrogen (secondary N) is 1. The van der Waals surface area contributed by atoms with Crippen LogP contribution in [0.5, 0.6) is 11.5 Å². The minimum atomic E-state index is -4.03. The molecule has 0 bridgehead atoms. The van der Waals surface area contributed by atoms with Gasteiger partial charge in [0.15, 0.2) is 0 Å². The molecule has 9 heteroatoms. The second kappa shape index (κ2) is 7.56. The Kier molecular flexibility index (Phi) is 5.68. The number of ether oxygens (including phenoxy) is 2. The molecule has 1 heterocycles. The van der Waals surface area contributed by atoms with Crippen molar-refractivity contribution in [3.63, 3.8) is 0 Å². The van der Waals surface area contributed by atoms with Crippen LogP contribution in [0, 0.1) is 0 Å². The quantitative estimate of drug-likeness (QED) is 0.812. The molecule has 1 aliphatic heterocycles. The van der Waals surface area contributed by atoms with Crippen molar-refractivity contribution in [3.8, 4) is 11.5 Å². The summed E-state index contributed by atoms with van der Waals surface area (Å²) in [5.74, 6) is 0.450. The van der Waals surface area contributed by atoms with E-state index in [0.29, 0.717) is 23.6 Å². The maximum absolute atomic E-state index is 12.4. The molecule has 0 fully saturated rings. The summed E-state index contributed by atoms with van der Waals surface area (Å²) in [7, 11) is 0.225. The van der Waals surface area contributed by atoms with E-state index in [1.165, 1.54) is 27.3 Å². The summed E-state index contributed by atoms with van der Waals surface area (Å²) in [5, 5.41) is 2.67. The highest BCUT2D eigenvalue weighted by Crippen LogP contribution is 2.28. The van der Waals surface area contributed by atoms with Gasteiger partial charge in [-0.1, -0.05) is 6.92 Å². The molecule has 0 saturated heterocycles. The number of amides is 1. The Labute approximate surface area is 147 Å². The summed E-state index contributed by atoms with van der Waals surface area (Å²) in [4.78, 5) is 12.3. The number of likely N-dealkylation sites (N-methyl/N-ethyl adjacent to an activating group) is 1. The molecule has 25 heavy (non-hydrogen) atoms. The lowest BCUT2D eigenvalue weighted by atomic mass is 10.1. The lowest BCUT2D eigenvalue weighted by Gasteiger charge is -2.24. The van der Waals surface area contributed by atoms with Gasteiger partial charge in [-0.25, -0.2) is 4.31 Å². The maximum Gasteiger partial charge on any atom is 0.345 e. The van der Waals surface area contributed by atoms with Crippen molar-refractivity contribution in [1.82, 2.24) is 9.62 Å². The Morgan fingerprint density at radius 3 is 2.60 bits per heavy atom. The van der Waals surface area contributed by atoms with Crippen molar-refractivity contribution < 1.29 is 22.7 Å². The number of hydrogen-bond acceptors (Lipinski definition) is 5. The lowest BCUT2D eigenvalue weighted by Crippen LogP contribution is -2.38. The lowest BCUT2D eigenvalue weighted by molar-refractivity contribution is -0.118. The van der Waals surface area contributed by atoms with E-state index in [2.05, 4.69) is 9.71 Å². The largest absolute Gasteiger partial charge is 0.497 e. The van der Waals surface area contributed by atoms with Crippen molar-refractivity contribution in [2.75, 3.05) is 27.8 Å². The summed E-state index contributed by atoms with van der Waals surface area (Å²) in [6.07, 6.45) is 2.16. The minimum absolute atomic E-state index is 0.0108. The van der Waals surface area contributed by atoms with Crippen LogP contribution in [0.3, 0.4) is 0 Å². The fourth-order valence-electron chi connectivity index (χ4n) is 2.24. The van der Waals surface area contributed by atoms with Gasteiger partial charge in [0.25, 0.3) is 5.91 Å². The molecule has 136 valence electrons. The molecule has 1 amide bonds. The van der Waals surface area contributed by atoms with Gasteiger partial charge in [0, 0.05) is 19.2 Å². The number of methoxy groups -OCH3 is 2. The molecule has 0 atom stereocenters. The first-order valence-electron chi connectivity index (χ1n) is 7.65. The smallest absolute Gasteiger partial charge is 0.345 e. The number of allylic oxidation sites excluding steroid dienone is 1. The number of rotatable bonds is 6. The number of carbonyl (C=O) groups is 1. The van der Waals surface area contributed by atoms with E-state index in [1.807, 2.05) is 6.92 Å². The van der Waals surface area contributed by atoms with Gasteiger partial charge in [-0.3, -0.25) is 4.79 Å². The van der Waals surface area contributed by atoms with Gasteiger partial charge in [-0.2, -0.15) is 8.42 Å². The molecule has 2 rings (SSSR count). The van der Waals surface area contributed by atoms with Crippen molar-refractivity contribution in [3.05, 3.63) is 35.5 Å². The van der Waals surface area contributed by atoms with Gasteiger partial charge >= 0.3 is 10.2 Å². The number of hydrogen-bond donors (Lipinski definition) is 1. The molecule has 1 N–H and O–H groups in total. The van der Waals surface area contributed by atoms with E-state index in [-0.39, 0.29) is 11.4 Å². The predicted octanol–water partition coefficient (Wildman–Crippen LogP) is 1.09. The van der Waals surface area contributed by atoms with Gasteiger partial charge < -0.3 is 14.8 Å². The average Bonchev–Trinajstić information content (AvgIpc) is 2.61. The Balaban J connectivity index is 2.56. The monoisotopic (exact) mass is 367 g/mol. The SMILES string of the molecule is CCCNC(=O)C1=CC(c2cc(OC)ccc2OC)=NS(=O)(=O)N1C. The Morgan fingerprint density at radius 2 is 2.00 bits per heavy atom. The molecule has 0 unspecified atom stereocenters. The van der Waals surface area contributed by atoms with Gasteiger partial charge in [-0.05, 0) is 30.7 Å². The topological polar surface area (TPSA) is 97.3 Å². The van der Waals surface area contributed by atoms with Crippen molar-refractivity contribution in [2.45, 2.75) is 13.3 Å². The van der Waals surface area contributed by atoms with Crippen LogP contribution in [-0.2, 0) is 15.0 Å². The second-order valence-electron chi connectivity index (χ2n) is 5.27. The molecule has 0 radical (unpaired) electrons. The van der Waals surface area contributed by atoms with E-state index in [0.717, 1.165) is 10.7 Å². The number of nitrogens with zero attached hydrogens (tertiary/aromatic N) is 2. The van der Waals surface area contributed by atoms with E-state index < -0.39 is 16.1 Å². The van der Waals surface area contributed by atoms with Gasteiger partial charge in [0.1, 0.15) is 17.2 Å². The van der Waals surface area contributed by atoms with E-state index in [1.54, 1.807) is 18.2 Å². The molecule has 1 aromatic carbocycles. The third kappa shape index (κ3) is 3.93. The molecular weight excluding hydrogens is 346 g/mol. The number of carbonyl (C=O) groups excluding carboxylic acids is 1. The fraction of sp³-hybridized carbons (Fsp3) is 0.375. The van der Waals surface area contributed by atoms with Crippen LogP contribution in [0.1, 0.15) is 18.9 Å². The van der Waals surface area contributed by atoms with E-state index in [4.69, 9.17) is 9.47 Å². The highest BCUT2D eigenvalue weighted by Gasteiger charge is 2.30. The van der Waals surface area contributed by atoms with Crippen molar-refractivity contribution in [1.29, 1.82) is 0 Å². The molecule has 8 nitrogen and oxygen atoms in total. The minimum Gasteiger partial charge on any atom is -0.497 e. The predicted molar refractivity (Wildman–Crippen MR) is 94.1 cm³/mol. The fourth-order valence-corrected chi connectivity index (χ4v) is 3.14. The molecular formula is C16H21N3O5S. The normalized spacial score (nSPS) is 15.9.